The van der Waals surface area contributed by atoms with Crippen molar-refractivity contribution in [3.8, 4) is 16.9 Å². The quantitative estimate of drug-likeness (QED) is 0.360. The van der Waals surface area contributed by atoms with E-state index in [2.05, 4.69) is 5.32 Å². The molecular weight excluding hydrogens is 388 g/mol. The molecule has 0 saturated heterocycles. The first kappa shape index (κ1) is 20.5. The van der Waals surface area contributed by atoms with Crippen molar-refractivity contribution in [2.45, 2.75) is 0 Å². The Morgan fingerprint density at radius 3 is 2.40 bits per heavy atom. The normalized spacial score (nSPS) is 10.2. The molecule has 1 amide bonds. The van der Waals surface area contributed by atoms with Gasteiger partial charge in [-0.05, 0) is 23.3 Å². The predicted octanol–water partition coefficient (Wildman–Crippen LogP) is 4.07. The Balaban J connectivity index is 1.68. The fraction of sp³-hybridized carbons (Fsp3) is 0.0909. The zero-order chi connectivity index (χ0) is 21.5. The van der Waals surface area contributed by atoms with Crippen LogP contribution in [0.25, 0.3) is 11.1 Å². The van der Waals surface area contributed by atoms with Gasteiger partial charge in [0.2, 0.25) is 0 Å². The molecule has 3 rings (SSSR count). The monoisotopic (exact) mass is 406 g/mol. The zero-order valence-electron chi connectivity index (χ0n) is 16.0. The summed E-state index contributed by atoms with van der Waals surface area (Å²) in [6.07, 6.45) is 0. The third-order valence-electron chi connectivity index (χ3n) is 4.24. The Morgan fingerprint density at radius 2 is 1.70 bits per heavy atom. The van der Waals surface area contributed by atoms with Crippen molar-refractivity contribution in [2.75, 3.05) is 19.0 Å². The highest BCUT2D eigenvalue weighted by atomic mass is 16.6. The Hall–Kier alpha value is -4.20. The molecule has 0 fully saturated rings. The number of esters is 1. The molecule has 0 bridgehead atoms. The number of amides is 1. The van der Waals surface area contributed by atoms with Crippen LogP contribution in [0.5, 0.6) is 5.75 Å². The average Bonchev–Trinajstić information content (AvgIpc) is 2.78. The number of hydrogen-bond acceptors (Lipinski definition) is 6. The maximum absolute atomic E-state index is 12.5. The molecule has 0 spiro atoms. The van der Waals surface area contributed by atoms with Crippen molar-refractivity contribution in [3.05, 3.63) is 88.5 Å². The van der Waals surface area contributed by atoms with Crippen LogP contribution in [0.15, 0.2) is 72.8 Å². The number of anilines is 1. The Kier molecular flexibility index (Phi) is 6.39. The molecule has 0 heterocycles. The molecule has 8 nitrogen and oxygen atoms in total. The van der Waals surface area contributed by atoms with Gasteiger partial charge in [-0.3, -0.25) is 14.9 Å². The van der Waals surface area contributed by atoms with E-state index in [0.29, 0.717) is 11.1 Å². The van der Waals surface area contributed by atoms with Crippen molar-refractivity contribution in [2.24, 2.45) is 0 Å². The summed E-state index contributed by atoms with van der Waals surface area (Å²) in [5.74, 6) is -1.12. The number of nitrogens with zero attached hydrogens (tertiary/aromatic N) is 1. The number of nitro groups is 1. The minimum absolute atomic E-state index is 0.123. The number of benzene rings is 3. The highest BCUT2D eigenvalue weighted by molar-refractivity contribution is 6.00. The summed E-state index contributed by atoms with van der Waals surface area (Å²) in [7, 11) is 1.33. The average molecular weight is 406 g/mol. The lowest BCUT2D eigenvalue weighted by Crippen LogP contribution is -2.21. The van der Waals surface area contributed by atoms with Crippen LogP contribution in [0.4, 0.5) is 11.4 Å². The summed E-state index contributed by atoms with van der Waals surface area (Å²) < 4.78 is 10.2. The molecule has 0 aliphatic rings. The third-order valence-corrected chi connectivity index (χ3v) is 4.24. The number of rotatable bonds is 7. The first-order valence-electron chi connectivity index (χ1n) is 8.93. The molecule has 30 heavy (non-hydrogen) atoms. The molecule has 3 aromatic carbocycles. The second-order valence-corrected chi connectivity index (χ2v) is 6.18. The lowest BCUT2D eigenvalue weighted by molar-refractivity contribution is -0.384. The number of methoxy groups -OCH3 is 1. The van der Waals surface area contributed by atoms with E-state index in [4.69, 9.17) is 9.47 Å². The van der Waals surface area contributed by atoms with Crippen molar-refractivity contribution >= 4 is 23.3 Å². The summed E-state index contributed by atoms with van der Waals surface area (Å²) >= 11 is 0. The van der Waals surface area contributed by atoms with E-state index in [1.54, 1.807) is 18.2 Å². The molecule has 0 unspecified atom stereocenters. The molecule has 0 saturated carbocycles. The van der Waals surface area contributed by atoms with E-state index in [1.165, 1.54) is 25.3 Å². The highest BCUT2D eigenvalue weighted by Crippen LogP contribution is 2.29. The minimum Gasteiger partial charge on any atom is -0.494 e. The lowest BCUT2D eigenvalue weighted by atomic mass is 10.00. The van der Waals surface area contributed by atoms with Crippen molar-refractivity contribution < 1.29 is 24.0 Å². The predicted molar refractivity (Wildman–Crippen MR) is 110 cm³/mol. The van der Waals surface area contributed by atoms with Crippen molar-refractivity contribution in [1.82, 2.24) is 0 Å². The van der Waals surface area contributed by atoms with E-state index in [0.717, 1.165) is 5.56 Å². The van der Waals surface area contributed by atoms with Crippen LogP contribution >= 0.6 is 0 Å². The standard InChI is InChI=1S/C22H18N2O6/c1-29-20-13-16(24(27)28)11-12-19(20)23-21(25)14-30-22(26)18-10-6-5-9-17(18)15-7-3-2-4-8-15/h2-13H,14H2,1H3,(H,23,25). The summed E-state index contributed by atoms with van der Waals surface area (Å²) in [6, 6.07) is 20.1. The summed E-state index contributed by atoms with van der Waals surface area (Å²) in [5, 5.41) is 13.4. The van der Waals surface area contributed by atoms with Gasteiger partial charge in [-0.2, -0.15) is 0 Å². The first-order valence-corrected chi connectivity index (χ1v) is 8.93. The van der Waals surface area contributed by atoms with Crippen LogP contribution in [-0.4, -0.2) is 30.5 Å². The Morgan fingerprint density at radius 1 is 1.00 bits per heavy atom. The molecule has 0 aliphatic carbocycles. The molecule has 0 radical (unpaired) electrons. The van der Waals surface area contributed by atoms with Gasteiger partial charge in [0, 0.05) is 6.07 Å². The van der Waals surface area contributed by atoms with Gasteiger partial charge in [0.05, 0.1) is 29.4 Å². The molecule has 8 heteroatoms. The van der Waals surface area contributed by atoms with Crippen LogP contribution in [0.1, 0.15) is 10.4 Å². The maximum Gasteiger partial charge on any atom is 0.339 e. The van der Waals surface area contributed by atoms with E-state index in [-0.39, 0.29) is 17.1 Å². The fourth-order valence-electron chi connectivity index (χ4n) is 2.82. The van der Waals surface area contributed by atoms with Crippen LogP contribution < -0.4 is 10.1 Å². The van der Waals surface area contributed by atoms with Crippen LogP contribution in [-0.2, 0) is 9.53 Å². The topological polar surface area (TPSA) is 108 Å². The highest BCUT2D eigenvalue weighted by Gasteiger charge is 2.17. The smallest absolute Gasteiger partial charge is 0.339 e. The fourth-order valence-corrected chi connectivity index (χ4v) is 2.82. The van der Waals surface area contributed by atoms with Gasteiger partial charge in [0.25, 0.3) is 11.6 Å². The van der Waals surface area contributed by atoms with E-state index < -0.39 is 23.4 Å². The van der Waals surface area contributed by atoms with Crippen molar-refractivity contribution in [3.63, 3.8) is 0 Å². The van der Waals surface area contributed by atoms with Gasteiger partial charge in [-0.25, -0.2) is 4.79 Å². The second kappa shape index (κ2) is 9.33. The zero-order valence-corrected chi connectivity index (χ0v) is 16.0. The molecule has 0 atom stereocenters. The lowest BCUT2D eigenvalue weighted by Gasteiger charge is -2.11. The van der Waals surface area contributed by atoms with Crippen LogP contribution in [0, 0.1) is 10.1 Å². The number of carbonyl (C=O) groups excluding carboxylic acids is 2. The van der Waals surface area contributed by atoms with Crippen LogP contribution in [0.3, 0.4) is 0 Å². The van der Waals surface area contributed by atoms with Gasteiger partial charge < -0.3 is 14.8 Å². The van der Waals surface area contributed by atoms with Gasteiger partial charge in [-0.15, -0.1) is 0 Å². The maximum atomic E-state index is 12.5. The first-order chi connectivity index (χ1) is 14.5. The van der Waals surface area contributed by atoms with Gasteiger partial charge in [0.1, 0.15) is 5.75 Å². The number of nitro benzene ring substituents is 1. The SMILES string of the molecule is COc1cc([N+](=O)[O-])ccc1NC(=O)COC(=O)c1ccccc1-c1ccccc1. The molecule has 3 aromatic rings. The van der Waals surface area contributed by atoms with E-state index >= 15 is 0 Å². The third kappa shape index (κ3) is 4.79. The van der Waals surface area contributed by atoms with E-state index in [1.807, 2.05) is 36.4 Å². The van der Waals surface area contributed by atoms with Gasteiger partial charge >= 0.3 is 5.97 Å². The molecule has 0 aliphatic heterocycles. The van der Waals surface area contributed by atoms with Crippen molar-refractivity contribution in [1.29, 1.82) is 0 Å². The van der Waals surface area contributed by atoms with Gasteiger partial charge in [0.15, 0.2) is 6.61 Å². The summed E-state index contributed by atoms with van der Waals surface area (Å²) in [4.78, 5) is 35.0. The molecular formula is C22H18N2O6. The second-order valence-electron chi connectivity index (χ2n) is 6.18. The number of non-ortho nitro benzene ring substituents is 1. The number of ether oxygens (including phenoxy) is 2. The summed E-state index contributed by atoms with van der Waals surface area (Å²) in [6.45, 7) is -0.526. The number of carbonyl (C=O) groups is 2. The summed E-state index contributed by atoms with van der Waals surface area (Å²) in [5.41, 5.74) is 1.94. The number of hydrogen-bond donors (Lipinski definition) is 1. The van der Waals surface area contributed by atoms with Crippen LogP contribution in [0.2, 0.25) is 0 Å². The van der Waals surface area contributed by atoms with Gasteiger partial charge in [-0.1, -0.05) is 48.5 Å². The Labute approximate surface area is 172 Å². The molecule has 0 aromatic heterocycles. The Bertz CT molecular complexity index is 1080. The van der Waals surface area contributed by atoms with E-state index in [9.17, 15) is 19.7 Å². The molecule has 152 valence electrons. The molecule has 1 N–H and O–H groups in total. The number of nitrogens with one attached hydrogen (secondary N) is 1. The largest absolute Gasteiger partial charge is 0.494 e. The minimum atomic E-state index is -0.639.